The molecule has 0 aromatic rings. The molecule has 0 aliphatic carbocycles. The Morgan fingerprint density at radius 1 is 1.33 bits per heavy atom. The van der Waals surface area contributed by atoms with Gasteiger partial charge in [0.15, 0.2) is 0 Å². The van der Waals surface area contributed by atoms with Crippen LogP contribution in [0.3, 0.4) is 0 Å². The number of hydrogen-bond donors (Lipinski definition) is 1. The van der Waals surface area contributed by atoms with Crippen molar-refractivity contribution in [1.29, 1.82) is 0 Å². The van der Waals surface area contributed by atoms with Gasteiger partial charge in [-0.15, -0.1) is 0 Å². The summed E-state index contributed by atoms with van der Waals surface area (Å²) in [6.07, 6.45) is 1.14. The Morgan fingerprint density at radius 3 is 2.08 bits per heavy atom. The Labute approximate surface area is 75.9 Å². The highest BCUT2D eigenvalue weighted by Gasteiger charge is 2.29. The first-order valence-corrected chi connectivity index (χ1v) is 4.60. The molecule has 74 valence electrons. The van der Waals surface area contributed by atoms with E-state index >= 15 is 0 Å². The van der Waals surface area contributed by atoms with Gasteiger partial charge in [-0.05, 0) is 24.7 Å². The number of ether oxygens (including phenoxy) is 1. The zero-order chi connectivity index (χ0) is 9.78. The Bertz CT molecular complexity index is 123. The van der Waals surface area contributed by atoms with Crippen LogP contribution in [0, 0.1) is 11.3 Å². The second-order valence-corrected chi connectivity index (χ2v) is 4.22. The van der Waals surface area contributed by atoms with E-state index < -0.39 is 0 Å². The fraction of sp³-hybridized carbons (Fsp3) is 1.00. The first-order chi connectivity index (χ1) is 5.46. The molecule has 2 nitrogen and oxygen atoms in total. The Hall–Kier alpha value is -0.0800. The van der Waals surface area contributed by atoms with Crippen LogP contribution in [0.15, 0.2) is 0 Å². The van der Waals surface area contributed by atoms with Crippen molar-refractivity contribution >= 4 is 0 Å². The molecule has 0 rings (SSSR count). The lowest BCUT2D eigenvalue weighted by Gasteiger charge is -2.33. The van der Waals surface area contributed by atoms with Crippen LogP contribution in [0.4, 0.5) is 0 Å². The van der Waals surface area contributed by atoms with Gasteiger partial charge in [-0.25, -0.2) is 0 Å². The average Bonchev–Trinajstić information content (AvgIpc) is 2.03. The fourth-order valence-corrected chi connectivity index (χ4v) is 1.22. The number of aliphatic hydroxyl groups is 1. The molecule has 0 heterocycles. The molecule has 0 radical (unpaired) electrons. The summed E-state index contributed by atoms with van der Waals surface area (Å²) in [5.41, 5.74) is -0.00454. The highest BCUT2D eigenvalue weighted by Crippen LogP contribution is 2.32. The number of hydrogen-bond acceptors (Lipinski definition) is 2. The number of aliphatic hydroxyl groups excluding tert-OH is 1. The maximum Gasteiger partial charge on any atom is 0.0549 e. The molecule has 0 amide bonds. The quantitative estimate of drug-likeness (QED) is 0.691. The van der Waals surface area contributed by atoms with E-state index in [1.54, 1.807) is 7.11 Å². The molecule has 1 N–H and O–H groups in total. The summed E-state index contributed by atoms with van der Waals surface area (Å²) in [6, 6.07) is 0. The highest BCUT2D eigenvalue weighted by atomic mass is 16.5. The SMILES string of the molecule is COC(C)CC(C)(CO)C(C)C. The predicted octanol–water partition coefficient (Wildman–Crippen LogP) is 2.07. The van der Waals surface area contributed by atoms with Crippen molar-refractivity contribution in [2.24, 2.45) is 11.3 Å². The molecule has 0 fully saturated rings. The summed E-state index contributed by atoms with van der Waals surface area (Å²) in [7, 11) is 1.71. The van der Waals surface area contributed by atoms with Gasteiger partial charge in [-0.2, -0.15) is 0 Å². The summed E-state index contributed by atoms with van der Waals surface area (Å²) in [5, 5.41) is 9.24. The molecule has 12 heavy (non-hydrogen) atoms. The fourth-order valence-electron chi connectivity index (χ4n) is 1.22. The van der Waals surface area contributed by atoms with Gasteiger partial charge in [0.25, 0.3) is 0 Å². The van der Waals surface area contributed by atoms with Crippen LogP contribution in [-0.4, -0.2) is 24.9 Å². The molecule has 2 heteroatoms. The maximum absolute atomic E-state index is 9.24. The zero-order valence-corrected chi connectivity index (χ0v) is 8.92. The van der Waals surface area contributed by atoms with Gasteiger partial charge in [0, 0.05) is 13.7 Å². The lowest BCUT2D eigenvalue weighted by molar-refractivity contribution is 0.0162. The molecule has 2 unspecified atom stereocenters. The van der Waals surface area contributed by atoms with E-state index in [2.05, 4.69) is 20.8 Å². The summed E-state index contributed by atoms with van der Waals surface area (Å²) in [5.74, 6) is 0.486. The molecular formula is C10H22O2. The van der Waals surface area contributed by atoms with Crippen LogP contribution >= 0.6 is 0 Å². The standard InChI is InChI=1S/C10H22O2/c1-8(2)10(4,7-11)6-9(3)12-5/h8-9,11H,6-7H2,1-5H3. The van der Waals surface area contributed by atoms with Crippen LogP contribution < -0.4 is 0 Å². The largest absolute Gasteiger partial charge is 0.396 e. The van der Waals surface area contributed by atoms with Crippen molar-refractivity contribution in [1.82, 2.24) is 0 Å². The highest BCUT2D eigenvalue weighted by molar-refractivity contribution is 4.79. The van der Waals surface area contributed by atoms with Crippen LogP contribution in [0.2, 0.25) is 0 Å². The molecule has 2 atom stereocenters. The van der Waals surface area contributed by atoms with Gasteiger partial charge in [-0.3, -0.25) is 0 Å². The molecule has 0 spiro atoms. The van der Waals surface area contributed by atoms with Crippen molar-refractivity contribution in [3.8, 4) is 0 Å². The number of rotatable bonds is 5. The first kappa shape index (κ1) is 11.9. The maximum atomic E-state index is 9.24. The van der Waals surface area contributed by atoms with E-state index in [0.717, 1.165) is 6.42 Å². The van der Waals surface area contributed by atoms with Crippen molar-refractivity contribution in [2.75, 3.05) is 13.7 Å². The summed E-state index contributed by atoms with van der Waals surface area (Å²) < 4.78 is 5.19. The van der Waals surface area contributed by atoms with E-state index in [4.69, 9.17) is 4.74 Å². The third kappa shape index (κ3) is 3.11. The van der Waals surface area contributed by atoms with Crippen LogP contribution in [0.5, 0.6) is 0 Å². The Kier molecular flexibility index (Phi) is 4.80. The van der Waals surface area contributed by atoms with Gasteiger partial charge in [0.05, 0.1) is 6.10 Å². The van der Waals surface area contributed by atoms with Gasteiger partial charge in [-0.1, -0.05) is 20.8 Å². The Morgan fingerprint density at radius 2 is 1.83 bits per heavy atom. The van der Waals surface area contributed by atoms with E-state index in [-0.39, 0.29) is 18.1 Å². The minimum atomic E-state index is -0.00454. The van der Waals surface area contributed by atoms with Gasteiger partial charge in [0.2, 0.25) is 0 Å². The summed E-state index contributed by atoms with van der Waals surface area (Å²) in [4.78, 5) is 0. The topological polar surface area (TPSA) is 29.5 Å². The predicted molar refractivity (Wildman–Crippen MR) is 51.1 cm³/mol. The lowest BCUT2D eigenvalue weighted by atomic mass is 9.76. The van der Waals surface area contributed by atoms with Crippen molar-refractivity contribution in [2.45, 2.75) is 40.2 Å². The third-order valence-corrected chi connectivity index (χ3v) is 2.91. The minimum absolute atomic E-state index is 0.00454. The normalized spacial score (nSPS) is 19.2. The number of methoxy groups -OCH3 is 1. The average molecular weight is 174 g/mol. The van der Waals surface area contributed by atoms with E-state index in [1.165, 1.54) is 0 Å². The van der Waals surface area contributed by atoms with Crippen LogP contribution in [-0.2, 0) is 4.74 Å². The molecule has 0 bridgehead atoms. The van der Waals surface area contributed by atoms with E-state index in [1.807, 2.05) is 6.92 Å². The third-order valence-electron chi connectivity index (χ3n) is 2.91. The monoisotopic (exact) mass is 174 g/mol. The summed E-state index contributed by atoms with van der Waals surface area (Å²) in [6.45, 7) is 8.65. The first-order valence-electron chi connectivity index (χ1n) is 4.60. The van der Waals surface area contributed by atoms with Crippen molar-refractivity contribution in [3.63, 3.8) is 0 Å². The second-order valence-electron chi connectivity index (χ2n) is 4.22. The summed E-state index contributed by atoms with van der Waals surface area (Å²) >= 11 is 0. The van der Waals surface area contributed by atoms with E-state index in [9.17, 15) is 5.11 Å². The molecular weight excluding hydrogens is 152 g/mol. The lowest BCUT2D eigenvalue weighted by Crippen LogP contribution is -2.32. The minimum Gasteiger partial charge on any atom is -0.396 e. The van der Waals surface area contributed by atoms with Gasteiger partial charge in [0.1, 0.15) is 0 Å². The van der Waals surface area contributed by atoms with Gasteiger partial charge >= 0.3 is 0 Å². The van der Waals surface area contributed by atoms with Crippen LogP contribution in [0.1, 0.15) is 34.1 Å². The molecule has 0 saturated heterocycles. The molecule has 0 saturated carbocycles. The van der Waals surface area contributed by atoms with Gasteiger partial charge < -0.3 is 9.84 Å². The smallest absolute Gasteiger partial charge is 0.0549 e. The molecule has 0 aromatic carbocycles. The zero-order valence-electron chi connectivity index (χ0n) is 8.92. The molecule has 0 aromatic heterocycles. The Balaban J connectivity index is 4.14. The second kappa shape index (κ2) is 4.83. The van der Waals surface area contributed by atoms with Crippen LogP contribution in [0.25, 0.3) is 0 Å². The molecule has 0 aliphatic heterocycles. The molecule has 0 aliphatic rings. The van der Waals surface area contributed by atoms with E-state index in [0.29, 0.717) is 5.92 Å². The van der Waals surface area contributed by atoms with Crippen molar-refractivity contribution < 1.29 is 9.84 Å². The van der Waals surface area contributed by atoms with Crippen molar-refractivity contribution in [3.05, 3.63) is 0 Å².